The van der Waals surface area contributed by atoms with Crippen LogP contribution in [0.2, 0.25) is 0 Å². The maximum atomic E-state index is 13.0. The molecule has 20 heteroatoms. The van der Waals surface area contributed by atoms with Crippen molar-refractivity contribution < 1.29 is 58.5 Å². The number of β-amino-alcohol motifs (C(OH)–C–C–N with tert-alkyl or cyclic N) is 1. The van der Waals surface area contributed by atoms with Gasteiger partial charge in [-0.1, -0.05) is 13.8 Å². The number of aliphatic carboxylic acids is 2. The predicted molar refractivity (Wildman–Crippen MR) is 160 cm³/mol. The van der Waals surface area contributed by atoms with Crippen LogP contribution < -0.4 is 43.0 Å². The first-order chi connectivity index (χ1) is 21.9. The van der Waals surface area contributed by atoms with Gasteiger partial charge < -0.3 is 58.3 Å². The highest BCUT2D eigenvalue weighted by Crippen LogP contribution is 2.07. The molecule has 0 radical (unpaired) electrons. The minimum absolute atomic E-state index is 0.103. The van der Waals surface area contributed by atoms with Crippen LogP contribution in [-0.2, 0) is 43.2 Å². The number of primary amides is 1. The summed E-state index contributed by atoms with van der Waals surface area (Å²) < 4.78 is 0. The van der Waals surface area contributed by atoms with Crippen molar-refractivity contribution in [2.75, 3.05) is 19.6 Å². The summed E-state index contributed by atoms with van der Waals surface area (Å²) in [7, 11) is 0. The zero-order chi connectivity index (χ0) is 35.8. The molecule has 1 fully saturated rings. The van der Waals surface area contributed by atoms with Crippen LogP contribution in [0.3, 0.4) is 0 Å². The van der Waals surface area contributed by atoms with Gasteiger partial charge in [-0.3, -0.25) is 43.2 Å². The number of hydrogen-bond donors (Lipinski definition) is 11. The standard InChI is InChI=1S/C27H44N8O12/c1-12(2)6-17(26(45)32-13(3)27(46)47)34-21(39)11-31-24(43)18(8-22(40)41)35-25(44)15(4-5-19(28)37)33-20(38)10-30-23(42)16-7-14(36)9-29-16/h12-18,29,36H,4-11H2,1-3H3,(H2,28,37)(H,30,42)(H,31,43)(H,32,45)(H,33,38)(H,34,39)(H,35,44)(H,40,41)(H,46,47)/t13-,14+,15-,16-,17-,18-/m0/s1. The lowest BCUT2D eigenvalue weighted by Crippen LogP contribution is -2.57. The fourth-order valence-corrected chi connectivity index (χ4v) is 4.28. The molecule has 20 nitrogen and oxygen atoms in total. The normalized spacial score (nSPS) is 18.1. The summed E-state index contributed by atoms with van der Waals surface area (Å²) in [5.74, 6) is -9.02. The van der Waals surface area contributed by atoms with Gasteiger partial charge in [-0.2, -0.15) is 0 Å². The summed E-state index contributed by atoms with van der Waals surface area (Å²) in [6.07, 6.45) is -2.15. The molecule has 1 rings (SSSR count). The lowest BCUT2D eigenvalue weighted by Gasteiger charge is -2.23. The molecule has 264 valence electrons. The molecule has 1 saturated heterocycles. The number of aliphatic hydroxyl groups is 1. The fourth-order valence-electron chi connectivity index (χ4n) is 4.28. The molecule has 0 spiro atoms. The third-order valence-corrected chi connectivity index (χ3v) is 6.70. The first kappa shape index (κ1) is 40.2. The number of nitrogens with one attached hydrogen (secondary N) is 7. The number of rotatable bonds is 20. The van der Waals surface area contributed by atoms with Gasteiger partial charge in [-0.05, 0) is 32.1 Å². The van der Waals surface area contributed by atoms with E-state index < -0.39 is 109 Å². The Hall–Kier alpha value is -4.85. The van der Waals surface area contributed by atoms with Crippen molar-refractivity contribution in [1.29, 1.82) is 0 Å². The van der Waals surface area contributed by atoms with Crippen molar-refractivity contribution in [2.24, 2.45) is 11.7 Å². The molecule has 1 aliphatic rings. The van der Waals surface area contributed by atoms with Crippen molar-refractivity contribution in [1.82, 2.24) is 37.2 Å². The van der Waals surface area contributed by atoms with Gasteiger partial charge in [0, 0.05) is 13.0 Å². The van der Waals surface area contributed by atoms with Crippen LogP contribution in [0.5, 0.6) is 0 Å². The lowest BCUT2D eigenvalue weighted by atomic mass is 10.0. The molecule has 1 aliphatic heterocycles. The van der Waals surface area contributed by atoms with Gasteiger partial charge in [-0.15, -0.1) is 0 Å². The lowest BCUT2D eigenvalue weighted by molar-refractivity contribution is -0.141. The molecule has 0 unspecified atom stereocenters. The zero-order valence-corrected chi connectivity index (χ0v) is 26.3. The summed E-state index contributed by atoms with van der Waals surface area (Å²) in [5.41, 5.74) is 5.15. The largest absolute Gasteiger partial charge is 0.481 e. The summed E-state index contributed by atoms with van der Waals surface area (Å²) in [6.45, 7) is 3.59. The van der Waals surface area contributed by atoms with Crippen molar-refractivity contribution in [3.63, 3.8) is 0 Å². The van der Waals surface area contributed by atoms with Crippen LogP contribution in [-0.4, -0.2) is 125 Å². The van der Waals surface area contributed by atoms with E-state index in [2.05, 4.69) is 37.2 Å². The van der Waals surface area contributed by atoms with Crippen molar-refractivity contribution in [2.45, 2.75) is 89.2 Å². The number of carbonyl (C=O) groups excluding carboxylic acids is 7. The highest BCUT2D eigenvalue weighted by atomic mass is 16.4. The molecule has 1 heterocycles. The highest BCUT2D eigenvalue weighted by Gasteiger charge is 2.31. The smallest absolute Gasteiger partial charge is 0.325 e. The number of carboxylic acid groups (broad SMARTS) is 2. The maximum absolute atomic E-state index is 13.0. The van der Waals surface area contributed by atoms with E-state index in [1.54, 1.807) is 13.8 Å². The van der Waals surface area contributed by atoms with Crippen LogP contribution in [0, 0.1) is 5.92 Å². The number of hydrogen-bond acceptors (Lipinski definition) is 11. The SMILES string of the molecule is CC(C)C[C@H](NC(=O)CNC(=O)[C@H](CC(=O)O)NC(=O)[C@H](CCC(N)=O)NC(=O)CNC(=O)[C@@H]1C[C@@H](O)CN1)C(=O)N[C@@H](C)C(=O)O. The Morgan fingerprint density at radius 2 is 1.36 bits per heavy atom. The van der Waals surface area contributed by atoms with E-state index in [9.17, 15) is 53.4 Å². The first-order valence-corrected chi connectivity index (χ1v) is 14.8. The first-order valence-electron chi connectivity index (χ1n) is 14.8. The summed E-state index contributed by atoms with van der Waals surface area (Å²) in [4.78, 5) is 109. The molecule has 12 N–H and O–H groups in total. The van der Waals surface area contributed by atoms with E-state index in [0.717, 1.165) is 0 Å². The van der Waals surface area contributed by atoms with Crippen molar-refractivity contribution >= 4 is 53.3 Å². The fraction of sp³-hybridized carbons (Fsp3) is 0.667. The number of carboxylic acids is 2. The maximum Gasteiger partial charge on any atom is 0.325 e. The van der Waals surface area contributed by atoms with E-state index in [1.807, 2.05) is 0 Å². The molecule has 0 aromatic carbocycles. The van der Waals surface area contributed by atoms with Crippen LogP contribution in [0.25, 0.3) is 0 Å². The topological polar surface area (TPSA) is 325 Å². The second-order valence-corrected chi connectivity index (χ2v) is 11.4. The number of amides is 7. The van der Waals surface area contributed by atoms with Gasteiger partial charge in [0.25, 0.3) is 0 Å². The van der Waals surface area contributed by atoms with Crippen LogP contribution in [0.15, 0.2) is 0 Å². The van der Waals surface area contributed by atoms with Crippen LogP contribution in [0.1, 0.15) is 52.9 Å². The molecule has 0 bridgehead atoms. The average molecular weight is 673 g/mol. The quantitative estimate of drug-likeness (QED) is 0.0577. The third kappa shape index (κ3) is 15.8. The Morgan fingerprint density at radius 3 is 1.87 bits per heavy atom. The molecule has 6 atom stereocenters. The van der Waals surface area contributed by atoms with E-state index in [4.69, 9.17) is 10.8 Å². The summed E-state index contributed by atoms with van der Waals surface area (Å²) in [5, 5.41) is 44.2. The van der Waals surface area contributed by atoms with Crippen LogP contribution >= 0.6 is 0 Å². The number of nitrogens with two attached hydrogens (primary N) is 1. The van der Waals surface area contributed by atoms with E-state index in [-0.39, 0.29) is 38.1 Å². The van der Waals surface area contributed by atoms with Gasteiger partial charge >= 0.3 is 11.9 Å². The Bertz CT molecular complexity index is 1200. The Balaban J connectivity index is 2.87. The Labute approximate surface area is 269 Å². The summed E-state index contributed by atoms with van der Waals surface area (Å²) in [6, 6.07) is -6.38. The van der Waals surface area contributed by atoms with Crippen molar-refractivity contribution in [3.05, 3.63) is 0 Å². The molecule has 7 amide bonds. The molecule has 0 aliphatic carbocycles. The second-order valence-electron chi connectivity index (χ2n) is 11.4. The minimum atomic E-state index is -1.76. The highest BCUT2D eigenvalue weighted by molar-refractivity contribution is 5.96. The average Bonchev–Trinajstić information content (AvgIpc) is 3.41. The molecule has 0 aromatic rings. The van der Waals surface area contributed by atoms with Gasteiger partial charge in [0.1, 0.15) is 24.2 Å². The minimum Gasteiger partial charge on any atom is -0.481 e. The monoisotopic (exact) mass is 672 g/mol. The van der Waals surface area contributed by atoms with Gasteiger partial charge in [-0.25, -0.2) is 0 Å². The number of carbonyl (C=O) groups is 9. The van der Waals surface area contributed by atoms with Crippen molar-refractivity contribution in [3.8, 4) is 0 Å². The Morgan fingerprint density at radius 1 is 0.787 bits per heavy atom. The van der Waals surface area contributed by atoms with Crippen LogP contribution in [0.4, 0.5) is 0 Å². The molecule has 47 heavy (non-hydrogen) atoms. The molecular weight excluding hydrogens is 628 g/mol. The Kier molecular flexibility index (Phi) is 16.8. The van der Waals surface area contributed by atoms with Gasteiger partial charge in [0.2, 0.25) is 41.4 Å². The molecular formula is C27H44N8O12. The van der Waals surface area contributed by atoms with Gasteiger partial charge in [0.15, 0.2) is 0 Å². The molecule has 0 saturated carbocycles. The molecule has 0 aromatic heterocycles. The second kappa shape index (κ2) is 19.6. The van der Waals surface area contributed by atoms with E-state index in [0.29, 0.717) is 0 Å². The van der Waals surface area contributed by atoms with Gasteiger partial charge in [0.05, 0.1) is 31.7 Å². The zero-order valence-electron chi connectivity index (χ0n) is 26.3. The third-order valence-electron chi connectivity index (χ3n) is 6.70. The number of aliphatic hydroxyl groups excluding tert-OH is 1. The van der Waals surface area contributed by atoms with E-state index in [1.165, 1.54) is 6.92 Å². The predicted octanol–water partition coefficient (Wildman–Crippen LogP) is -5.23. The summed E-state index contributed by atoms with van der Waals surface area (Å²) >= 11 is 0. The van der Waals surface area contributed by atoms with E-state index >= 15 is 0 Å².